The highest BCUT2D eigenvalue weighted by molar-refractivity contribution is 9.10. The Hall–Kier alpha value is -2.18. The Morgan fingerprint density at radius 3 is 3.00 bits per heavy atom. The number of rotatable bonds is 2. The normalized spacial score (nSPS) is 11.1. The number of aromatic nitrogens is 1. The molecule has 0 aliphatic heterocycles. The monoisotopic (exact) mass is 372 g/mol. The quantitative estimate of drug-likeness (QED) is 0.535. The predicted octanol–water partition coefficient (Wildman–Crippen LogP) is 5.06. The van der Waals surface area contributed by atoms with Crippen LogP contribution in [0.25, 0.3) is 21.2 Å². The zero-order valence-electron chi connectivity index (χ0n) is 11.2. The molecule has 2 aromatic carbocycles. The maximum Gasteiger partial charge on any atom is 0.291 e. The molecule has 1 N–H and O–H groups in total. The highest BCUT2D eigenvalue weighted by atomic mass is 79.9. The van der Waals surface area contributed by atoms with Crippen molar-refractivity contribution in [2.24, 2.45) is 0 Å². The van der Waals surface area contributed by atoms with E-state index < -0.39 is 0 Å². The number of amides is 1. The van der Waals surface area contributed by atoms with E-state index in [0.29, 0.717) is 5.58 Å². The number of carbonyl (C=O) groups is 1. The Morgan fingerprint density at radius 1 is 1.23 bits per heavy atom. The topological polar surface area (TPSA) is 55.1 Å². The largest absolute Gasteiger partial charge is 0.451 e. The first-order valence-electron chi connectivity index (χ1n) is 6.53. The molecule has 4 rings (SSSR count). The predicted molar refractivity (Wildman–Crippen MR) is 91.5 cm³/mol. The summed E-state index contributed by atoms with van der Waals surface area (Å²) in [6.07, 6.45) is 0. The Morgan fingerprint density at radius 2 is 2.14 bits per heavy atom. The smallest absolute Gasteiger partial charge is 0.291 e. The number of fused-ring (bicyclic) bond motifs is 2. The van der Waals surface area contributed by atoms with E-state index in [1.807, 2.05) is 36.4 Å². The molecule has 0 aliphatic rings. The molecule has 0 spiro atoms. The first-order valence-corrected chi connectivity index (χ1v) is 8.21. The second kappa shape index (κ2) is 5.23. The third-order valence-electron chi connectivity index (χ3n) is 3.32. The highest BCUT2D eigenvalue weighted by Crippen LogP contribution is 2.28. The lowest BCUT2D eigenvalue weighted by Crippen LogP contribution is -2.10. The summed E-state index contributed by atoms with van der Waals surface area (Å²) in [6, 6.07) is 13.0. The molecule has 0 fully saturated rings. The Labute approximate surface area is 137 Å². The van der Waals surface area contributed by atoms with Crippen LogP contribution in [-0.4, -0.2) is 10.9 Å². The maximum absolute atomic E-state index is 12.3. The van der Waals surface area contributed by atoms with Crippen LogP contribution in [0.4, 0.5) is 5.69 Å². The lowest BCUT2D eigenvalue weighted by Gasteiger charge is -2.02. The Balaban J connectivity index is 1.66. The van der Waals surface area contributed by atoms with Crippen LogP contribution >= 0.6 is 27.3 Å². The SMILES string of the molecule is O=C(Nc1ccc2ncsc2c1)c1cc2c(Br)cccc2o1. The van der Waals surface area contributed by atoms with E-state index in [1.54, 1.807) is 11.6 Å². The van der Waals surface area contributed by atoms with E-state index in [9.17, 15) is 4.79 Å². The van der Waals surface area contributed by atoms with Gasteiger partial charge in [-0.15, -0.1) is 11.3 Å². The van der Waals surface area contributed by atoms with E-state index in [-0.39, 0.29) is 11.7 Å². The molecule has 2 heterocycles. The third-order valence-corrected chi connectivity index (χ3v) is 4.80. The second-order valence-electron chi connectivity index (χ2n) is 4.75. The molecule has 2 aromatic heterocycles. The Kier molecular flexibility index (Phi) is 3.20. The fourth-order valence-corrected chi connectivity index (χ4v) is 3.44. The number of hydrogen-bond donors (Lipinski definition) is 1. The number of carbonyl (C=O) groups excluding carboxylic acids is 1. The molecule has 108 valence electrons. The van der Waals surface area contributed by atoms with Crippen molar-refractivity contribution in [2.45, 2.75) is 0 Å². The molecule has 4 aromatic rings. The van der Waals surface area contributed by atoms with Gasteiger partial charge in [0.15, 0.2) is 5.76 Å². The number of benzene rings is 2. The van der Waals surface area contributed by atoms with Gasteiger partial charge in [-0.3, -0.25) is 4.79 Å². The van der Waals surface area contributed by atoms with Crippen LogP contribution < -0.4 is 5.32 Å². The molecule has 0 saturated carbocycles. The molecule has 0 bridgehead atoms. The minimum absolute atomic E-state index is 0.271. The number of thiazole rings is 1. The van der Waals surface area contributed by atoms with E-state index >= 15 is 0 Å². The van der Waals surface area contributed by atoms with Crippen LogP contribution in [0.5, 0.6) is 0 Å². The minimum Gasteiger partial charge on any atom is -0.451 e. The van der Waals surface area contributed by atoms with Crippen LogP contribution in [0.1, 0.15) is 10.6 Å². The van der Waals surface area contributed by atoms with Crippen molar-refractivity contribution < 1.29 is 9.21 Å². The minimum atomic E-state index is -0.271. The molecule has 4 nitrogen and oxygen atoms in total. The zero-order valence-corrected chi connectivity index (χ0v) is 13.6. The maximum atomic E-state index is 12.3. The lowest BCUT2D eigenvalue weighted by molar-refractivity contribution is 0.0998. The molecule has 0 saturated heterocycles. The molecule has 0 radical (unpaired) electrons. The summed E-state index contributed by atoms with van der Waals surface area (Å²) >= 11 is 4.99. The van der Waals surface area contributed by atoms with Crippen molar-refractivity contribution in [3.05, 3.63) is 58.2 Å². The number of nitrogens with zero attached hydrogens (tertiary/aromatic N) is 1. The number of nitrogens with one attached hydrogen (secondary N) is 1. The van der Waals surface area contributed by atoms with Crippen molar-refractivity contribution in [3.63, 3.8) is 0 Å². The highest BCUT2D eigenvalue weighted by Gasteiger charge is 2.14. The van der Waals surface area contributed by atoms with Gasteiger partial charge >= 0.3 is 0 Å². The Bertz CT molecular complexity index is 1010. The summed E-state index contributed by atoms with van der Waals surface area (Å²) in [5.41, 5.74) is 4.11. The summed E-state index contributed by atoms with van der Waals surface area (Å²) in [5, 5.41) is 3.73. The van der Waals surface area contributed by atoms with Crippen LogP contribution in [0, 0.1) is 0 Å². The van der Waals surface area contributed by atoms with Gasteiger partial charge in [0.1, 0.15) is 5.58 Å². The van der Waals surface area contributed by atoms with E-state index in [2.05, 4.69) is 26.2 Å². The summed E-state index contributed by atoms with van der Waals surface area (Å²) in [7, 11) is 0. The fourth-order valence-electron chi connectivity index (χ4n) is 2.26. The summed E-state index contributed by atoms with van der Waals surface area (Å²) in [4.78, 5) is 16.6. The van der Waals surface area contributed by atoms with Crippen LogP contribution in [0.15, 0.2) is 56.9 Å². The summed E-state index contributed by atoms with van der Waals surface area (Å²) in [5.74, 6) is 0.0123. The first-order chi connectivity index (χ1) is 10.7. The van der Waals surface area contributed by atoms with Crippen LogP contribution in [0.2, 0.25) is 0 Å². The first kappa shape index (κ1) is 13.5. The number of hydrogen-bond acceptors (Lipinski definition) is 4. The van der Waals surface area contributed by atoms with Crippen molar-refractivity contribution >= 4 is 60.0 Å². The van der Waals surface area contributed by atoms with Crippen molar-refractivity contribution in [1.29, 1.82) is 0 Å². The molecule has 0 aliphatic carbocycles. The van der Waals surface area contributed by atoms with Gasteiger partial charge in [-0.2, -0.15) is 0 Å². The number of halogens is 1. The lowest BCUT2D eigenvalue weighted by atomic mass is 10.2. The molecule has 1 amide bonds. The standard InChI is InChI=1S/C16H9BrN2O2S/c17-11-2-1-3-13-10(11)7-14(21-13)16(20)19-9-4-5-12-15(6-9)22-8-18-12/h1-8H,(H,19,20). The van der Waals surface area contributed by atoms with E-state index in [4.69, 9.17) is 4.42 Å². The molecule has 0 unspecified atom stereocenters. The average molecular weight is 373 g/mol. The summed E-state index contributed by atoms with van der Waals surface area (Å²) in [6.45, 7) is 0. The van der Waals surface area contributed by atoms with Crippen LogP contribution in [-0.2, 0) is 0 Å². The van der Waals surface area contributed by atoms with Gasteiger partial charge in [-0.05, 0) is 36.4 Å². The fraction of sp³-hybridized carbons (Fsp3) is 0. The third kappa shape index (κ3) is 2.30. The molecular weight excluding hydrogens is 364 g/mol. The van der Waals surface area contributed by atoms with Gasteiger partial charge in [-0.1, -0.05) is 22.0 Å². The molecular formula is C16H9BrN2O2S. The summed E-state index contributed by atoms with van der Waals surface area (Å²) < 4.78 is 7.54. The van der Waals surface area contributed by atoms with Gasteiger partial charge in [0.05, 0.1) is 15.7 Å². The molecule has 6 heteroatoms. The molecule has 22 heavy (non-hydrogen) atoms. The van der Waals surface area contributed by atoms with Gasteiger partial charge in [0.2, 0.25) is 0 Å². The van der Waals surface area contributed by atoms with Gasteiger partial charge in [0.25, 0.3) is 5.91 Å². The van der Waals surface area contributed by atoms with E-state index in [1.165, 1.54) is 11.3 Å². The van der Waals surface area contributed by atoms with E-state index in [0.717, 1.165) is 25.8 Å². The van der Waals surface area contributed by atoms with Crippen LogP contribution in [0.3, 0.4) is 0 Å². The number of anilines is 1. The molecule has 0 atom stereocenters. The van der Waals surface area contributed by atoms with Gasteiger partial charge < -0.3 is 9.73 Å². The van der Waals surface area contributed by atoms with Crippen molar-refractivity contribution in [2.75, 3.05) is 5.32 Å². The number of furan rings is 1. The van der Waals surface area contributed by atoms with Gasteiger partial charge in [-0.25, -0.2) is 4.98 Å². The average Bonchev–Trinajstić information content (AvgIpc) is 3.13. The second-order valence-corrected chi connectivity index (χ2v) is 6.49. The van der Waals surface area contributed by atoms with Crippen molar-refractivity contribution in [3.8, 4) is 0 Å². The zero-order chi connectivity index (χ0) is 15.1. The van der Waals surface area contributed by atoms with Crippen molar-refractivity contribution in [1.82, 2.24) is 4.98 Å². The van der Waals surface area contributed by atoms with Gasteiger partial charge in [0, 0.05) is 15.5 Å².